The van der Waals surface area contributed by atoms with Crippen molar-refractivity contribution >= 4 is 11.9 Å². The minimum atomic E-state index is -1.27. The van der Waals surface area contributed by atoms with E-state index in [2.05, 4.69) is 5.32 Å². The minimum Gasteiger partial charge on any atom is -0.480 e. The monoisotopic (exact) mass is 305 g/mol. The molecule has 2 unspecified atom stereocenters. The molecule has 0 saturated carbocycles. The Morgan fingerprint density at radius 1 is 1.27 bits per heavy atom. The molecule has 2 atom stereocenters. The highest BCUT2D eigenvalue weighted by Crippen LogP contribution is 2.27. The van der Waals surface area contributed by atoms with Crippen LogP contribution in [0.1, 0.15) is 52.2 Å². The van der Waals surface area contributed by atoms with E-state index in [0.717, 1.165) is 11.1 Å². The van der Waals surface area contributed by atoms with Gasteiger partial charge in [0.05, 0.1) is 5.41 Å². The van der Waals surface area contributed by atoms with Crippen LogP contribution in [0.2, 0.25) is 0 Å². The number of carbonyl (C=O) groups excluding carboxylic acids is 1. The van der Waals surface area contributed by atoms with Gasteiger partial charge < -0.3 is 10.4 Å². The van der Waals surface area contributed by atoms with Crippen molar-refractivity contribution < 1.29 is 14.7 Å². The number of carboxylic acid groups (broad SMARTS) is 1. The first kappa shape index (κ1) is 18.2. The maximum absolute atomic E-state index is 12.7. The summed E-state index contributed by atoms with van der Waals surface area (Å²) in [7, 11) is 0. The summed E-state index contributed by atoms with van der Waals surface area (Å²) in [5.74, 6) is -1.44. The van der Waals surface area contributed by atoms with Crippen LogP contribution in [-0.2, 0) is 15.0 Å². The molecule has 1 rings (SSSR count). The molecule has 0 fully saturated rings. The van der Waals surface area contributed by atoms with Crippen LogP contribution in [0.15, 0.2) is 24.3 Å². The molecule has 0 aliphatic rings. The number of aliphatic carboxylic acids is 1. The molecule has 0 spiro atoms. The minimum absolute atomic E-state index is 0.165. The Morgan fingerprint density at radius 2 is 1.86 bits per heavy atom. The Bertz CT molecular complexity index is 565. The van der Waals surface area contributed by atoms with Gasteiger partial charge in [0.25, 0.3) is 0 Å². The lowest BCUT2D eigenvalue weighted by Gasteiger charge is -2.35. The largest absolute Gasteiger partial charge is 0.480 e. The lowest BCUT2D eigenvalue weighted by atomic mass is 9.79. The fraction of sp³-hybridized carbons (Fsp3) is 0.556. The highest BCUT2D eigenvalue weighted by atomic mass is 16.4. The van der Waals surface area contributed by atoms with E-state index in [1.807, 2.05) is 58.9 Å². The van der Waals surface area contributed by atoms with Crippen molar-refractivity contribution in [3.63, 3.8) is 0 Å². The number of nitrogens with one attached hydrogen (secondary N) is 1. The lowest BCUT2D eigenvalue weighted by Crippen LogP contribution is -2.59. The standard InChI is InChI=1S/C18H27NO3/c1-7-13(3)18(6,16(21)22)19-15(20)17(4,5)14-10-8-9-12(2)11-14/h8-11,13H,7H2,1-6H3,(H,19,20)(H,21,22). The van der Waals surface area contributed by atoms with Crippen LogP contribution in [0.5, 0.6) is 0 Å². The molecule has 0 aliphatic carbocycles. The number of carbonyl (C=O) groups is 2. The second-order valence-electron chi connectivity index (χ2n) is 6.77. The summed E-state index contributed by atoms with van der Waals surface area (Å²) in [4.78, 5) is 24.4. The van der Waals surface area contributed by atoms with E-state index in [1.54, 1.807) is 6.92 Å². The summed E-state index contributed by atoms with van der Waals surface area (Å²) in [6.07, 6.45) is 0.675. The zero-order chi connectivity index (χ0) is 17.1. The number of amides is 1. The third kappa shape index (κ3) is 3.49. The molecule has 0 aliphatic heterocycles. The normalized spacial score (nSPS) is 15.7. The predicted molar refractivity (Wildman–Crippen MR) is 87.8 cm³/mol. The molecule has 0 radical (unpaired) electrons. The van der Waals surface area contributed by atoms with Crippen molar-refractivity contribution in [2.24, 2.45) is 5.92 Å². The average Bonchev–Trinajstić information content (AvgIpc) is 2.45. The van der Waals surface area contributed by atoms with Gasteiger partial charge in [-0.1, -0.05) is 50.1 Å². The Balaban J connectivity index is 3.11. The van der Waals surface area contributed by atoms with Gasteiger partial charge in [-0.15, -0.1) is 0 Å². The number of aryl methyl sites for hydroxylation is 1. The summed E-state index contributed by atoms with van der Waals surface area (Å²) >= 11 is 0. The Labute approximate surface area is 132 Å². The van der Waals surface area contributed by atoms with E-state index >= 15 is 0 Å². The molecule has 1 aromatic rings. The van der Waals surface area contributed by atoms with E-state index in [-0.39, 0.29) is 11.8 Å². The third-order valence-corrected chi connectivity index (χ3v) is 4.72. The lowest BCUT2D eigenvalue weighted by molar-refractivity contribution is -0.150. The number of rotatable bonds is 6. The van der Waals surface area contributed by atoms with Gasteiger partial charge in [-0.2, -0.15) is 0 Å². The average molecular weight is 305 g/mol. The van der Waals surface area contributed by atoms with E-state index in [1.165, 1.54) is 0 Å². The first-order valence-corrected chi connectivity index (χ1v) is 7.68. The maximum Gasteiger partial charge on any atom is 0.329 e. The fourth-order valence-electron chi connectivity index (χ4n) is 2.35. The molecule has 122 valence electrons. The van der Waals surface area contributed by atoms with Crippen LogP contribution in [0.25, 0.3) is 0 Å². The van der Waals surface area contributed by atoms with Crippen LogP contribution < -0.4 is 5.32 Å². The van der Waals surface area contributed by atoms with Gasteiger partial charge in [0.1, 0.15) is 5.54 Å². The molecule has 2 N–H and O–H groups in total. The summed E-state index contributed by atoms with van der Waals surface area (Å²) in [6, 6.07) is 7.73. The van der Waals surface area contributed by atoms with Crippen molar-refractivity contribution in [1.82, 2.24) is 5.32 Å². The molecule has 1 amide bonds. The van der Waals surface area contributed by atoms with Gasteiger partial charge >= 0.3 is 5.97 Å². The van der Waals surface area contributed by atoms with Crippen LogP contribution in [0.4, 0.5) is 0 Å². The van der Waals surface area contributed by atoms with Crippen LogP contribution in [0.3, 0.4) is 0 Å². The van der Waals surface area contributed by atoms with Gasteiger partial charge in [-0.25, -0.2) is 4.79 Å². The highest BCUT2D eigenvalue weighted by molar-refractivity contribution is 5.92. The summed E-state index contributed by atoms with van der Waals surface area (Å²) in [5, 5.41) is 12.3. The number of benzene rings is 1. The van der Waals surface area contributed by atoms with Crippen molar-refractivity contribution in [3.8, 4) is 0 Å². The van der Waals surface area contributed by atoms with Gasteiger partial charge in [0.15, 0.2) is 0 Å². The van der Waals surface area contributed by atoms with Crippen molar-refractivity contribution in [1.29, 1.82) is 0 Å². The van der Waals surface area contributed by atoms with Gasteiger partial charge in [0, 0.05) is 0 Å². The van der Waals surface area contributed by atoms with Gasteiger partial charge in [-0.3, -0.25) is 4.79 Å². The number of hydrogen-bond donors (Lipinski definition) is 2. The van der Waals surface area contributed by atoms with Crippen LogP contribution in [0, 0.1) is 12.8 Å². The molecule has 4 nitrogen and oxygen atoms in total. The van der Waals surface area contributed by atoms with Crippen molar-refractivity contribution in [2.45, 2.75) is 58.9 Å². The van der Waals surface area contributed by atoms with Crippen LogP contribution >= 0.6 is 0 Å². The third-order valence-electron chi connectivity index (χ3n) is 4.72. The highest BCUT2D eigenvalue weighted by Gasteiger charge is 2.43. The molecule has 4 heteroatoms. The number of carboxylic acids is 1. The molecular weight excluding hydrogens is 278 g/mol. The zero-order valence-corrected chi connectivity index (χ0v) is 14.4. The first-order chi connectivity index (χ1) is 10.1. The summed E-state index contributed by atoms with van der Waals surface area (Å²) in [5.41, 5.74) is -0.119. The van der Waals surface area contributed by atoms with Gasteiger partial charge in [-0.05, 0) is 39.2 Å². The smallest absolute Gasteiger partial charge is 0.329 e. The topological polar surface area (TPSA) is 66.4 Å². The molecule has 22 heavy (non-hydrogen) atoms. The van der Waals surface area contributed by atoms with E-state index in [4.69, 9.17) is 0 Å². The Kier molecular flexibility index (Phi) is 5.39. The summed E-state index contributed by atoms with van der Waals surface area (Å²) < 4.78 is 0. The number of hydrogen-bond acceptors (Lipinski definition) is 2. The zero-order valence-electron chi connectivity index (χ0n) is 14.4. The Hall–Kier alpha value is -1.84. The SMILES string of the molecule is CCC(C)C(C)(NC(=O)C(C)(C)c1cccc(C)c1)C(=O)O. The molecule has 0 aromatic heterocycles. The summed E-state index contributed by atoms with van der Waals surface area (Å²) in [6.45, 7) is 10.9. The second-order valence-corrected chi connectivity index (χ2v) is 6.77. The quantitative estimate of drug-likeness (QED) is 0.847. The van der Waals surface area contributed by atoms with E-state index in [0.29, 0.717) is 6.42 Å². The fourth-order valence-corrected chi connectivity index (χ4v) is 2.35. The molecule has 0 bridgehead atoms. The Morgan fingerprint density at radius 3 is 2.32 bits per heavy atom. The second kappa shape index (κ2) is 6.51. The maximum atomic E-state index is 12.7. The predicted octanol–water partition coefficient (Wildman–Crippen LogP) is 3.28. The van der Waals surface area contributed by atoms with Gasteiger partial charge in [0.2, 0.25) is 5.91 Å². The first-order valence-electron chi connectivity index (χ1n) is 7.68. The molecule has 0 saturated heterocycles. The molecule has 1 aromatic carbocycles. The van der Waals surface area contributed by atoms with Crippen molar-refractivity contribution in [2.75, 3.05) is 0 Å². The van der Waals surface area contributed by atoms with E-state index in [9.17, 15) is 14.7 Å². The molecule has 0 heterocycles. The van der Waals surface area contributed by atoms with Crippen molar-refractivity contribution in [3.05, 3.63) is 35.4 Å². The van der Waals surface area contributed by atoms with E-state index < -0.39 is 16.9 Å². The molecular formula is C18H27NO3. The van der Waals surface area contributed by atoms with Crippen LogP contribution in [-0.4, -0.2) is 22.5 Å².